The zero-order chi connectivity index (χ0) is 15.7. The molecule has 1 aliphatic carbocycles. The number of phenolic OH excluding ortho intramolecular Hbond substituents is 1. The number of aromatic hydroxyl groups is 1. The molecule has 0 bridgehead atoms. The number of carbonyl (C=O) groups is 1. The van der Waals surface area contributed by atoms with E-state index in [0.717, 1.165) is 25.7 Å². The number of nitro groups is 1. The van der Waals surface area contributed by atoms with Gasteiger partial charge in [0.25, 0.3) is 5.91 Å². The molecule has 2 unspecified atom stereocenters. The summed E-state index contributed by atoms with van der Waals surface area (Å²) in [7, 11) is 0. The number of fused-ring (bicyclic) bond motifs is 1. The van der Waals surface area contributed by atoms with Gasteiger partial charge in [-0.3, -0.25) is 14.9 Å². The third-order valence-corrected chi connectivity index (χ3v) is 4.41. The van der Waals surface area contributed by atoms with Crippen molar-refractivity contribution in [3.05, 3.63) is 33.9 Å². The summed E-state index contributed by atoms with van der Waals surface area (Å²) < 4.78 is 5.74. The molecule has 0 aromatic heterocycles. The van der Waals surface area contributed by atoms with E-state index in [0.29, 0.717) is 13.2 Å². The number of benzene rings is 1. The minimum Gasteiger partial charge on any atom is -0.502 e. The van der Waals surface area contributed by atoms with E-state index in [1.54, 1.807) is 4.90 Å². The number of rotatable bonds is 2. The highest BCUT2D eigenvalue weighted by Crippen LogP contribution is 2.31. The van der Waals surface area contributed by atoms with E-state index in [4.69, 9.17) is 4.74 Å². The molecule has 2 fully saturated rings. The number of morpholine rings is 1. The van der Waals surface area contributed by atoms with Gasteiger partial charge in [-0.2, -0.15) is 0 Å². The Labute approximate surface area is 127 Å². The third-order valence-electron chi connectivity index (χ3n) is 4.41. The third kappa shape index (κ3) is 2.64. The van der Waals surface area contributed by atoms with Crippen LogP contribution < -0.4 is 0 Å². The van der Waals surface area contributed by atoms with E-state index in [1.165, 1.54) is 18.2 Å². The molecule has 1 saturated carbocycles. The number of ether oxygens (including phenoxy) is 1. The maximum Gasteiger partial charge on any atom is 0.310 e. The lowest BCUT2D eigenvalue weighted by atomic mass is 9.89. The van der Waals surface area contributed by atoms with Crippen molar-refractivity contribution in [3.8, 4) is 5.75 Å². The van der Waals surface area contributed by atoms with Gasteiger partial charge in [-0.25, -0.2) is 0 Å². The van der Waals surface area contributed by atoms with Crippen LogP contribution in [0.25, 0.3) is 0 Å². The molecule has 1 aromatic rings. The highest BCUT2D eigenvalue weighted by atomic mass is 16.6. The van der Waals surface area contributed by atoms with E-state index in [2.05, 4.69) is 0 Å². The van der Waals surface area contributed by atoms with Crippen LogP contribution >= 0.6 is 0 Å². The minimum absolute atomic E-state index is 0.0623. The van der Waals surface area contributed by atoms with Crippen molar-refractivity contribution < 1.29 is 19.6 Å². The molecule has 1 aromatic carbocycles. The van der Waals surface area contributed by atoms with Crippen LogP contribution in [0, 0.1) is 10.1 Å². The monoisotopic (exact) mass is 306 g/mol. The van der Waals surface area contributed by atoms with Crippen molar-refractivity contribution in [2.75, 3.05) is 13.2 Å². The molecule has 7 nitrogen and oxygen atoms in total. The summed E-state index contributed by atoms with van der Waals surface area (Å²) in [6, 6.07) is 3.80. The zero-order valence-corrected chi connectivity index (χ0v) is 12.1. The number of amides is 1. The molecule has 7 heteroatoms. The Bertz CT molecular complexity index is 602. The van der Waals surface area contributed by atoms with Gasteiger partial charge in [0.2, 0.25) is 0 Å². The molecular weight excluding hydrogens is 288 g/mol. The van der Waals surface area contributed by atoms with Crippen LogP contribution in [-0.2, 0) is 4.74 Å². The molecule has 22 heavy (non-hydrogen) atoms. The van der Waals surface area contributed by atoms with Crippen LogP contribution in [0.2, 0.25) is 0 Å². The second-order valence-corrected chi connectivity index (χ2v) is 5.72. The van der Waals surface area contributed by atoms with Gasteiger partial charge >= 0.3 is 5.69 Å². The fourth-order valence-corrected chi connectivity index (χ4v) is 3.33. The normalized spacial score (nSPS) is 24.6. The van der Waals surface area contributed by atoms with Gasteiger partial charge in [0.05, 0.1) is 23.7 Å². The first-order valence-corrected chi connectivity index (χ1v) is 7.48. The molecule has 1 N–H and O–H groups in total. The summed E-state index contributed by atoms with van der Waals surface area (Å²) in [6.45, 7) is 1.02. The lowest BCUT2D eigenvalue weighted by Gasteiger charge is -2.43. The molecule has 1 heterocycles. The van der Waals surface area contributed by atoms with Crippen molar-refractivity contribution in [2.45, 2.75) is 37.8 Å². The molecule has 2 aliphatic rings. The van der Waals surface area contributed by atoms with Gasteiger partial charge in [0.15, 0.2) is 5.75 Å². The average Bonchev–Trinajstić information content (AvgIpc) is 2.53. The smallest absolute Gasteiger partial charge is 0.310 e. The van der Waals surface area contributed by atoms with Gasteiger partial charge < -0.3 is 14.7 Å². The van der Waals surface area contributed by atoms with Gasteiger partial charge in [-0.15, -0.1) is 0 Å². The number of carbonyl (C=O) groups excluding carboxylic acids is 1. The second-order valence-electron chi connectivity index (χ2n) is 5.72. The maximum absolute atomic E-state index is 12.7. The Morgan fingerprint density at radius 2 is 2.14 bits per heavy atom. The first kappa shape index (κ1) is 14.8. The van der Waals surface area contributed by atoms with Gasteiger partial charge in [-0.05, 0) is 25.0 Å². The van der Waals surface area contributed by atoms with Crippen molar-refractivity contribution in [1.82, 2.24) is 4.90 Å². The lowest BCUT2D eigenvalue weighted by molar-refractivity contribution is -0.385. The average molecular weight is 306 g/mol. The van der Waals surface area contributed by atoms with E-state index in [1.807, 2.05) is 0 Å². The first-order valence-electron chi connectivity index (χ1n) is 7.48. The summed E-state index contributed by atoms with van der Waals surface area (Å²) >= 11 is 0. The summed E-state index contributed by atoms with van der Waals surface area (Å²) in [5.74, 6) is -0.685. The standard InChI is InChI=1S/C15H18N2O5/c18-13-9-10(5-6-11(13)17(20)21)15(19)16-7-8-22-14-4-2-1-3-12(14)16/h5-6,9,12,14,18H,1-4,7-8H2. The first-order chi connectivity index (χ1) is 10.6. The summed E-state index contributed by atoms with van der Waals surface area (Å²) in [5, 5.41) is 20.4. The predicted molar refractivity (Wildman–Crippen MR) is 77.8 cm³/mol. The number of nitrogens with zero attached hydrogens (tertiary/aromatic N) is 2. The van der Waals surface area contributed by atoms with E-state index < -0.39 is 16.4 Å². The molecule has 0 radical (unpaired) electrons. The van der Waals surface area contributed by atoms with Crippen LogP contribution in [-0.4, -0.2) is 46.1 Å². The second kappa shape index (κ2) is 5.92. The fourth-order valence-electron chi connectivity index (χ4n) is 3.33. The molecule has 118 valence electrons. The summed E-state index contributed by atoms with van der Waals surface area (Å²) in [5.41, 5.74) is -0.122. The zero-order valence-electron chi connectivity index (χ0n) is 12.1. The van der Waals surface area contributed by atoms with Crippen LogP contribution in [0.1, 0.15) is 36.0 Å². The Kier molecular flexibility index (Phi) is 3.98. The Morgan fingerprint density at radius 1 is 1.36 bits per heavy atom. The number of hydrogen-bond acceptors (Lipinski definition) is 5. The van der Waals surface area contributed by atoms with Crippen LogP contribution in [0.4, 0.5) is 5.69 Å². The SMILES string of the molecule is O=C(c1ccc([N+](=O)[O-])c(O)c1)N1CCOC2CCCCC21. The largest absolute Gasteiger partial charge is 0.502 e. The van der Waals surface area contributed by atoms with E-state index in [-0.39, 0.29) is 23.6 Å². The van der Waals surface area contributed by atoms with Gasteiger partial charge in [0.1, 0.15) is 0 Å². The highest BCUT2D eigenvalue weighted by molar-refractivity contribution is 5.95. The highest BCUT2D eigenvalue weighted by Gasteiger charge is 2.37. The molecule has 1 saturated heterocycles. The summed E-state index contributed by atoms with van der Waals surface area (Å²) in [6.07, 6.45) is 4.13. The number of hydrogen-bond donors (Lipinski definition) is 1. The van der Waals surface area contributed by atoms with E-state index >= 15 is 0 Å². The predicted octanol–water partition coefficient (Wildman–Crippen LogP) is 2.08. The Morgan fingerprint density at radius 3 is 2.86 bits per heavy atom. The van der Waals surface area contributed by atoms with Crippen molar-refractivity contribution >= 4 is 11.6 Å². The van der Waals surface area contributed by atoms with Crippen LogP contribution in [0.5, 0.6) is 5.75 Å². The van der Waals surface area contributed by atoms with Gasteiger partial charge in [-0.1, -0.05) is 12.8 Å². The van der Waals surface area contributed by atoms with Crippen LogP contribution in [0.15, 0.2) is 18.2 Å². The van der Waals surface area contributed by atoms with Crippen molar-refractivity contribution in [1.29, 1.82) is 0 Å². The van der Waals surface area contributed by atoms with E-state index in [9.17, 15) is 20.0 Å². The Balaban J connectivity index is 1.83. The quantitative estimate of drug-likeness (QED) is 0.667. The lowest BCUT2D eigenvalue weighted by Crippen LogP contribution is -2.54. The molecule has 3 rings (SSSR count). The fraction of sp³-hybridized carbons (Fsp3) is 0.533. The molecule has 0 spiro atoms. The van der Waals surface area contributed by atoms with Crippen molar-refractivity contribution in [3.63, 3.8) is 0 Å². The molecule has 1 amide bonds. The molecular formula is C15H18N2O5. The maximum atomic E-state index is 12.7. The topological polar surface area (TPSA) is 92.9 Å². The minimum atomic E-state index is -0.671. The number of nitro benzene ring substituents is 1. The molecule has 2 atom stereocenters. The summed E-state index contributed by atoms with van der Waals surface area (Å²) in [4.78, 5) is 24.5. The number of phenols is 1. The Hall–Kier alpha value is -2.15. The van der Waals surface area contributed by atoms with Crippen molar-refractivity contribution in [2.24, 2.45) is 0 Å². The molecule has 1 aliphatic heterocycles. The van der Waals surface area contributed by atoms with Gasteiger partial charge in [0, 0.05) is 18.2 Å². The van der Waals surface area contributed by atoms with Crippen LogP contribution in [0.3, 0.4) is 0 Å².